The van der Waals surface area contributed by atoms with Gasteiger partial charge >= 0.3 is 5.69 Å². The molecule has 0 bridgehead atoms. The van der Waals surface area contributed by atoms with Crippen LogP contribution in [0.2, 0.25) is 0 Å². The van der Waals surface area contributed by atoms with Gasteiger partial charge in [0, 0.05) is 13.1 Å². The Bertz CT molecular complexity index is 545. The lowest BCUT2D eigenvalue weighted by molar-refractivity contribution is 0.367. The summed E-state index contributed by atoms with van der Waals surface area (Å²) in [5.41, 5.74) is 0.195. The van der Waals surface area contributed by atoms with E-state index in [4.69, 9.17) is 0 Å². The van der Waals surface area contributed by atoms with Gasteiger partial charge in [0.25, 0.3) is 0 Å². The predicted molar refractivity (Wildman–Crippen MR) is 65.3 cm³/mol. The molecule has 0 aliphatic heterocycles. The van der Waals surface area contributed by atoms with Crippen LogP contribution in [0.3, 0.4) is 0 Å². The summed E-state index contributed by atoms with van der Waals surface area (Å²) in [6, 6.07) is 3.55. The molecule has 0 atom stereocenters. The van der Waals surface area contributed by atoms with Gasteiger partial charge in [-0.3, -0.25) is 0 Å². The van der Waals surface area contributed by atoms with E-state index in [1.807, 2.05) is 6.07 Å². The van der Waals surface area contributed by atoms with Crippen molar-refractivity contribution in [2.75, 3.05) is 32.0 Å². The van der Waals surface area contributed by atoms with E-state index in [0.717, 1.165) is 19.6 Å². The number of H-pyrrole nitrogens is 1. The molecule has 2 aromatic rings. The summed E-state index contributed by atoms with van der Waals surface area (Å²) < 4.78 is 1.24. The number of anilines is 1. The van der Waals surface area contributed by atoms with E-state index in [2.05, 4.69) is 39.5 Å². The molecule has 0 saturated heterocycles. The van der Waals surface area contributed by atoms with Gasteiger partial charge in [-0.2, -0.15) is 9.61 Å². The number of likely N-dealkylation sites (N-methyl/N-ethyl adjacent to an activating group) is 1. The molecule has 2 heterocycles. The second kappa shape index (κ2) is 4.96. The average molecular weight is 236 g/mol. The highest BCUT2D eigenvalue weighted by atomic mass is 16.2. The number of nitrogens with one attached hydrogen (secondary N) is 2. The molecule has 0 fully saturated rings. The molecule has 0 amide bonds. The third-order valence-corrected chi connectivity index (χ3v) is 2.61. The Morgan fingerprint density at radius 1 is 1.53 bits per heavy atom. The van der Waals surface area contributed by atoms with Crippen molar-refractivity contribution in [3.63, 3.8) is 0 Å². The van der Waals surface area contributed by atoms with Crippen LogP contribution >= 0.6 is 0 Å². The van der Waals surface area contributed by atoms with Crippen LogP contribution in [0.15, 0.2) is 16.9 Å². The van der Waals surface area contributed by atoms with Crippen LogP contribution in [0.4, 0.5) is 5.82 Å². The maximum absolute atomic E-state index is 11.3. The summed E-state index contributed by atoms with van der Waals surface area (Å²) in [6.45, 7) is 4.83. The summed E-state index contributed by atoms with van der Waals surface area (Å²) in [7, 11) is 2.05. The van der Waals surface area contributed by atoms with Crippen molar-refractivity contribution in [1.29, 1.82) is 0 Å². The van der Waals surface area contributed by atoms with Crippen molar-refractivity contribution in [2.45, 2.75) is 6.92 Å². The minimum atomic E-state index is -0.325. The molecule has 0 radical (unpaired) electrons. The Hall–Kier alpha value is -1.89. The first-order chi connectivity index (χ1) is 8.20. The third-order valence-electron chi connectivity index (χ3n) is 2.61. The van der Waals surface area contributed by atoms with Gasteiger partial charge in [-0.15, -0.1) is 5.10 Å². The van der Waals surface area contributed by atoms with Gasteiger partial charge in [0.2, 0.25) is 0 Å². The number of aromatic amines is 1. The molecule has 7 nitrogen and oxygen atoms in total. The number of fused-ring (bicyclic) bond motifs is 1. The smallest absolute Gasteiger partial charge is 0.364 e. The van der Waals surface area contributed by atoms with E-state index in [-0.39, 0.29) is 5.69 Å². The first-order valence-corrected chi connectivity index (χ1v) is 5.57. The summed E-state index contributed by atoms with van der Waals surface area (Å²) >= 11 is 0. The molecule has 0 spiro atoms. The minimum absolute atomic E-state index is 0.325. The quantitative estimate of drug-likeness (QED) is 0.750. The van der Waals surface area contributed by atoms with E-state index in [0.29, 0.717) is 11.5 Å². The second-order valence-corrected chi connectivity index (χ2v) is 3.84. The Labute approximate surface area is 98.4 Å². The Morgan fingerprint density at radius 2 is 2.35 bits per heavy atom. The van der Waals surface area contributed by atoms with E-state index in [9.17, 15) is 4.79 Å². The normalized spacial score (nSPS) is 11.2. The molecule has 17 heavy (non-hydrogen) atoms. The Balaban J connectivity index is 2.04. The van der Waals surface area contributed by atoms with Gasteiger partial charge in [0.15, 0.2) is 5.65 Å². The van der Waals surface area contributed by atoms with Crippen LogP contribution in [0.1, 0.15) is 6.92 Å². The van der Waals surface area contributed by atoms with Gasteiger partial charge in [0.05, 0.1) is 0 Å². The first-order valence-electron chi connectivity index (χ1n) is 5.57. The highest BCUT2D eigenvalue weighted by Crippen LogP contribution is 2.01. The van der Waals surface area contributed by atoms with Crippen molar-refractivity contribution in [1.82, 2.24) is 24.7 Å². The molecule has 2 N–H and O–H groups in total. The van der Waals surface area contributed by atoms with Crippen LogP contribution < -0.4 is 11.0 Å². The molecule has 7 heteroatoms. The SMILES string of the molecule is CCN(C)CCNc1ccc2n[nH]c(=O)n2n1. The first kappa shape index (κ1) is 11.6. The molecule has 0 aliphatic carbocycles. The fourth-order valence-corrected chi connectivity index (χ4v) is 1.43. The van der Waals surface area contributed by atoms with E-state index >= 15 is 0 Å². The molecule has 0 aliphatic rings. The predicted octanol–water partition coefficient (Wildman–Crippen LogP) is -0.219. The summed E-state index contributed by atoms with van der Waals surface area (Å²) in [5, 5.41) is 13.5. The zero-order valence-electron chi connectivity index (χ0n) is 9.97. The fourth-order valence-electron chi connectivity index (χ4n) is 1.43. The molecule has 92 valence electrons. The van der Waals surface area contributed by atoms with Crippen molar-refractivity contribution >= 4 is 11.5 Å². The van der Waals surface area contributed by atoms with Crippen LogP contribution in [0, 0.1) is 0 Å². The highest BCUT2D eigenvalue weighted by molar-refractivity contribution is 5.42. The Kier molecular flexibility index (Phi) is 3.38. The molecule has 0 saturated carbocycles. The van der Waals surface area contributed by atoms with Gasteiger partial charge in [-0.25, -0.2) is 9.89 Å². The zero-order chi connectivity index (χ0) is 12.3. The molecular formula is C10H16N6O. The number of hydrogen-bond acceptors (Lipinski definition) is 5. The topological polar surface area (TPSA) is 78.3 Å². The summed E-state index contributed by atoms with van der Waals surface area (Å²) in [5.74, 6) is 0.672. The molecule has 2 rings (SSSR count). The monoisotopic (exact) mass is 236 g/mol. The number of aromatic nitrogens is 4. The van der Waals surface area contributed by atoms with Crippen LogP contribution in [-0.2, 0) is 0 Å². The largest absolute Gasteiger partial charge is 0.367 e. The van der Waals surface area contributed by atoms with Gasteiger partial charge < -0.3 is 10.2 Å². The number of hydrogen-bond donors (Lipinski definition) is 2. The lowest BCUT2D eigenvalue weighted by Crippen LogP contribution is -2.25. The van der Waals surface area contributed by atoms with E-state index in [1.54, 1.807) is 6.07 Å². The minimum Gasteiger partial charge on any atom is -0.367 e. The lowest BCUT2D eigenvalue weighted by atomic mass is 10.4. The Morgan fingerprint density at radius 3 is 3.12 bits per heavy atom. The number of nitrogens with zero attached hydrogens (tertiary/aromatic N) is 4. The zero-order valence-corrected chi connectivity index (χ0v) is 9.97. The van der Waals surface area contributed by atoms with Crippen LogP contribution in [0.5, 0.6) is 0 Å². The van der Waals surface area contributed by atoms with Gasteiger partial charge in [-0.05, 0) is 25.7 Å². The average Bonchev–Trinajstić information content (AvgIpc) is 2.71. The van der Waals surface area contributed by atoms with Crippen LogP contribution in [-0.4, -0.2) is 51.4 Å². The highest BCUT2D eigenvalue weighted by Gasteiger charge is 2.02. The van der Waals surface area contributed by atoms with Crippen molar-refractivity contribution in [3.8, 4) is 0 Å². The maximum atomic E-state index is 11.3. The summed E-state index contributed by atoms with van der Waals surface area (Å²) in [4.78, 5) is 13.5. The van der Waals surface area contributed by atoms with Crippen molar-refractivity contribution < 1.29 is 0 Å². The third kappa shape index (κ3) is 2.62. The second-order valence-electron chi connectivity index (χ2n) is 3.84. The molecule has 0 aromatic carbocycles. The van der Waals surface area contributed by atoms with E-state index < -0.39 is 0 Å². The standard InChI is InChI=1S/C10H16N6O/c1-3-15(2)7-6-11-8-4-5-9-12-13-10(17)16(9)14-8/h4-5H,3,6-7H2,1-2H3,(H,11,14)(H,13,17). The van der Waals surface area contributed by atoms with Crippen molar-refractivity contribution in [2.24, 2.45) is 0 Å². The summed E-state index contributed by atoms with van der Waals surface area (Å²) in [6.07, 6.45) is 0. The molecule has 2 aromatic heterocycles. The molecule has 0 unspecified atom stereocenters. The van der Waals surface area contributed by atoms with Crippen molar-refractivity contribution in [3.05, 3.63) is 22.6 Å². The van der Waals surface area contributed by atoms with E-state index in [1.165, 1.54) is 4.52 Å². The number of rotatable bonds is 5. The van der Waals surface area contributed by atoms with Gasteiger partial charge in [-0.1, -0.05) is 6.92 Å². The maximum Gasteiger partial charge on any atom is 0.364 e. The van der Waals surface area contributed by atoms with Crippen LogP contribution in [0.25, 0.3) is 5.65 Å². The van der Waals surface area contributed by atoms with Gasteiger partial charge in [0.1, 0.15) is 5.82 Å². The fraction of sp³-hybridized carbons (Fsp3) is 0.500. The molecular weight excluding hydrogens is 220 g/mol. The lowest BCUT2D eigenvalue weighted by Gasteiger charge is -2.13.